The molecule has 3 aromatic rings. The highest BCUT2D eigenvalue weighted by Crippen LogP contribution is 2.43. The van der Waals surface area contributed by atoms with E-state index in [-0.39, 0.29) is 22.7 Å². The van der Waals surface area contributed by atoms with Gasteiger partial charge in [-0.3, -0.25) is 14.5 Å². The van der Waals surface area contributed by atoms with Crippen LogP contribution in [0.15, 0.2) is 72.3 Å². The molecule has 4 rings (SSSR count). The minimum atomic E-state index is -0.758. The molecular weight excluding hydrogens is 474 g/mol. The van der Waals surface area contributed by atoms with Crippen LogP contribution in [0.5, 0.6) is 5.75 Å². The molecule has 1 saturated heterocycles. The van der Waals surface area contributed by atoms with Crippen LogP contribution in [0, 0.1) is 0 Å². The standard InChI is InChI=1S/C33H37NO4/c1-8-21-9-11-22(12-10-21)29-28(30(35)23-13-18-27(38-7)26(19-23)20(2)3)31(36)32(37)34(29)25-16-14-24(15-17-25)33(4,5)6/h9-20,29,35H,8H2,1-7H3/b30-28-. The highest BCUT2D eigenvalue weighted by Gasteiger charge is 2.47. The fraction of sp³-hybridized carbons (Fsp3) is 0.333. The number of hydrogen-bond acceptors (Lipinski definition) is 4. The van der Waals surface area contributed by atoms with E-state index < -0.39 is 17.7 Å². The van der Waals surface area contributed by atoms with Crippen molar-refractivity contribution in [1.82, 2.24) is 0 Å². The zero-order valence-electron chi connectivity index (χ0n) is 23.3. The number of hydrogen-bond donors (Lipinski definition) is 1. The Morgan fingerprint density at radius 3 is 2.13 bits per heavy atom. The molecule has 1 aliphatic rings. The molecule has 0 aromatic heterocycles. The zero-order valence-corrected chi connectivity index (χ0v) is 23.3. The van der Waals surface area contributed by atoms with E-state index in [0.29, 0.717) is 17.0 Å². The number of ether oxygens (including phenoxy) is 1. The Labute approximate surface area is 225 Å². The van der Waals surface area contributed by atoms with E-state index in [9.17, 15) is 14.7 Å². The molecule has 1 aliphatic heterocycles. The van der Waals surface area contributed by atoms with Gasteiger partial charge in [0.05, 0.1) is 18.7 Å². The number of amides is 1. The van der Waals surface area contributed by atoms with Crippen molar-refractivity contribution in [3.63, 3.8) is 0 Å². The van der Waals surface area contributed by atoms with Gasteiger partial charge in [-0.1, -0.05) is 77.9 Å². The minimum absolute atomic E-state index is 0.0510. The average molecular weight is 512 g/mol. The molecule has 0 saturated carbocycles. The molecule has 0 bridgehead atoms. The van der Waals surface area contributed by atoms with E-state index in [1.807, 2.05) is 68.4 Å². The maximum absolute atomic E-state index is 13.5. The first-order valence-electron chi connectivity index (χ1n) is 13.2. The molecule has 0 spiro atoms. The van der Waals surface area contributed by atoms with Crippen molar-refractivity contribution in [3.8, 4) is 5.75 Å². The van der Waals surface area contributed by atoms with E-state index in [0.717, 1.165) is 28.7 Å². The van der Waals surface area contributed by atoms with Crippen molar-refractivity contribution >= 4 is 23.1 Å². The topological polar surface area (TPSA) is 66.8 Å². The summed E-state index contributed by atoms with van der Waals surface area (Å²) in [7, 11) is 1.61. The van der Waals surface area contributed by atoms with Crippen LogP contribution in [-0.2, 0) is 21.4 Å². The van der Waals surface area contributed by atoms with Crippen LogP contribution in [0.3, 0.4) is 0 Å². The molecule has 1 unspecified atom stereocenters. The molecule has 0 aliphatic carbocycles. The second-order valence-electron chi connectivity index (χ2n) is 11.2. The number of anilines is 1. The van der Waals surface area contributed by atoms with E-state index >= 15 is 0 Å². The van der Waals surface area contributed by atoms with E-state index in [1.54, 1.807) is 19.2 Å². The van der Waals surface area contributed by atoms with Crippen LogP contribution in [0.25, 0.3) is 5.76 Å². The zero-order chi connectivity index (χ0) is 27.8. The van der Waals surface area contributed by atoms with Crippen molar-refractivity contribution in [3.05, 3.63) is 100 Å². The summed E-state index contributed by atoms with van der Waals surface area (Å²) in [6.07, 6.45) is 0.874. The molecule has 3 aromatic carbocycles. The number of aliphatic hydroxyl groups is 1. The molecule has 1 amide bonds. The number of aliphatic hydroxyl groups excluding tert-OH is 1. The third-order valence-corrected chi connectivity index (χ3v) is 7.28. The summed E-state index contributed by atoms with van der Waals surface area (Å²) in [5.74, 6) is -0.696. The van der Waals surface area contributed by atoms with Crippen molar-refractivity contribution < 1.29 is 19.4 Å². The van der Waals surface area contributed by atoms with Gasteiger partial charge in [0.1, 0.15) is 11.5 Å². The lowest BCUT2D eigenvalue weighted by atomic mass is 9.87. The van der Waals surface area contributed by atoms with Crippen LogP contribution >= 0.6 is 0 Å². The van der Waals surface area contributed by atoms with Gasteiger partial charge in [0.2, 0.25) is 0 Å². The van der Waals surface area contributed by atoms with Gasteiger partial charge < -0.3 is 9.84 Å². The maximum atomic E-state index is 13.5. The average Bonchev–Trinajstić information content (AvgIpc) is 3.17. The summed E-state index contributed by atoms with van der Waals surface area (Å²) < 4.78 is 5.50. The Balaban J connectivity index is 1.91. The Bertz CT molecular complexity index is 1380. The van der Waals surface area contributed by atoms with Crippen molar-refractivity contribution in [1.29, 1.82) is 0 Å². The number of ketones is 1. The van der Waals surface area contributed by atoms with Gasteiger partial charge in [-0.2, -0.15) is 0 Å². The second-order valence-corrected chi connectivity index (χ2v) is 11.2. The van der Waals surface area contributed by atoms with Crippen LogP contribution in [0.4, 0.5) is 5.69 Å². The molecule has 5 heteroatoms. The monoisotopic (exact) mass is 511 g/mol. The number of rotatable bonds is 6. The molecule has 0 radical (unpaired) electrons. The highest BCUT2D eigenvalue weighted by molar-refractivity contribution is 6.51. The smallest absolute Gasteiger partial charge is 0.300 e. The van der Waals surface area contributed by atoms with Gasteiger partial charge in [0.25, 0.3) is 11.7 Å². The Hall–Kier alpha value is -3.86. The summed E-state index contributed by atoms with van der Waals surface area (Å²) >= 11 is 0. The highest BCUT2D eigenvalue weighted by atomic mass is 16.5. The first-order chi connectivity index (χ1) is 18.0. The molecule has 5 nitrogen and oxygen atoms in total. The molecular formula is C33H37NO4. The molecule has 1 fully saturated rings. The number of nitrogens with zero attached hydrogens (tertiary/aromatic N) is 1. The van der Waals surface area contributed by atoms with Crippen molar-refractivity contribution in [2.24, 2.45) is 0 Å². The molecule has 1 heterocycles. The minimum Gasteiger partial charge on any atom is -0.507 e. The Kier molecular flexibility index (Phi) is 7.50. The summed E-state index contributed by atoms with van der Waals surface area (Å²) in [6.45, 7) is 12.5. The Morgan fingerprint density at radius 2 is 1.61 bits per heavy atom. The van der Waals surface area contributed by atoms with Crippen molar-refractivity contribution in [2.75, 3.05) is 12.0 Å². The largest absolute Gasteiger partial charge is 0.507 e. The number of benzene rings is 3. The third kappa shape index (κ3) is 4.98. The molecule has 198 valence electrons. The normalized spacial score (nSPS) is 17.4. The first-order valence-corrected chi connectivity index (χ1v) is 13.2. The van der Waals surface area contributed by atoms with Crippen LogP contribution in [-0.4, -0.2) is 23.9 Å². The summed E-state index contributed by atoms with van der Waals surface area (Å²) in [6, 6.07) is 20.2. The first kappa shape index (κ1) is 27.2. The van der Waals surface area contributed by atoms with Gasteiger partial charge in [0.15, 0.2) is 0 Å². The molecule has 1 atom stereocenters. The predicted octanol–water partition coefficient (Wildman–Crippen LogP) is 7.30. The number of Topliss-reactive ketones (excluding diaryl/α,β-unsaturated/α-hetero) is 1. The lowest BCUT2D eigenvalue weighted by Crippen LogP contribution is -2.29. The number of carbonyl (C=O) groups is 2. The third-order valence-electron chi connectivity index (χ3n) is 7.28. The fourth-order valence-corrected chi connectivity index (χ4v) is 4.96. The van der Waals surface area contributed by atoms with Gasteiger partial charge in [-0.05, 0) is 70.3 Å². The quantitative estimate of drug-likeness (QED) is 0.214. The Morgan fingerprint density at radius 1 is 0.974 bits per heavy atom. The predicted molar refractivity (Wildman–Crippen MR) is 153 cm³/mol. The van der Waals surface area contributed by atoms with Gasteiger partial charge in [-0.15, -0.1) is 0 Å². The van der Waals surface area contributed by atoms with Crippen LogP contribution in [0.2, 0.25) is 0 Å². The lowest BCUT2D eigenvalue weighted by molar-refractivity contribution is -0.132. The number of aryl methyl sites for hydroxylation is 1. The summed E-state index contributed by atoms with van der Waals surface area (Å²) in [5, 5.41) is 11.6. The van der Waals surface area contributed by atoms with E-state index in [4.69, 9.17) is 4.74 Å². The van der Waals surface area contributed by atoms with Gasteiger partial charge in [0, 0.05) is 11.3 Å². The number of methoxy groups -OCH3 is 1. The van der Waals surface area contributed by atoms with Gasteiger partial charge >= 0.3 is 0 Å². The van der Waals surface area contributed by atoms with Crippen LogP contribution in [0.1, 0.15) is 81.3 Å². The van der Waals surface area contributed by atoms with Crippen molar-refractivity contribution in [2.45, 2.75) is 65.3 Å². The maximum Gasteiger partial charge on any atom is 0.300 e. The summed E-state index contributed by atoms with van der Waals surface area (Å²) in [4.78, 5) is 28.6. The molecule has 38 heavy (non-hydrogen) atoms. The van der Waals surface area contributed by atoms with E-state index in [2.05, 4.69) is 27.7 Å². The van der Waals surface area contributed by atoms with Crippen LogP contribution < -0.4 is 9.64 Å². The molecule has 1 N–H and O–H groups in total. The van der Waals surface area contributed by atoms with Gasteiger partial charge in [-0.25, -0.2) is 0 Å². The SMILES string of the molecule is CCc1ccc(C2/C(=C(/O)c3ccc(OC)c(C(C)C)c3)C(=O)C(=O)N2c2ccc(C(C)(C)C)cc2)cc1. The second kappa shape index (κ2) is 10.5. The fourth-order valence-electron chi connectivity index (χ4n) is 4.96. The number of carbonyl (C=O) groups excluding carboxylic acids is 2. The van der Waals surface area contributed by atoms with E-state index in [1.165, 1.54) is 4.90 Å². The summed E-state index contributed by atoms with van der Waals surface area (Å²) in [5.41, 5.74) is 5.07. The lowest BCUT2D eigenvalue weighted by Gasteiger charge is -2.27.